The van der Waals surface area contributed by atoms with Gasteiger partial charge in [-0.3, -0.25) is 0 Å². The summed E-state index contributed by atoms with van der Waals surface area (Å²) in [5.41, 5.74) is 1.70. The third-order valence-corrected chi connectivity index (χ3v) is 5.81. The fraction of sp³-hybridized carbons (Fsp3) is 0.368. The molecule has 0 spiro atoms. The van der Waals surface area contributed by atoms with Crippen molar-refractivity contribution in [1.82, 2.24) is 4.90 Å². The number of nitrogens with one attached hydrogen (secondary N) is 1. The first kappa shape index (κ1) is 19.4. The van der Waals surface area contributed by atoms with Gasteiger partial charge >= 0.3 is 5.97 Å². The van der Waals surface area contributed by atoms with Crippen molar-refractivity contribution in [3.8, 4) is 5.75 Å². The minimum Gasteiger partial charge on any atom is -0.497 e. The van der Waals surface area contributed by atoms with Crippen LogP contribution in [0, 0.1) is 6.92 Å². The average molecular weight is 406 g/mol. The lowest BCUT2D eigenvalue weighted by Crippen LogP contribution is -2.50. The Labute approximate surface area is 168 Å². The lowest BCUT2D eigenvalue weighted by molar-refractivity contribution is 0.0602. The summed E-state index contributed by atoms with van der Waals surface area (Å²) in [5.74, 6) is 0.504. The number of thiophene rings is 1. The fourth-order valence-corrected chi connectivity index (χ4v) is 4.25. The molecule has 0 atom stereocenters. The first-order valence-electron chi connectivity index (χ1n) is 8.65. The van der Waals surface area contributed by atoms with Crippen LogP contribution >= 0.6 is 23.6 Å². The highest BCUT2D eigenvalue weighted by atomic mass is 32.1. The van der Waals surface area contributed by atoms with Crippen molar-refractivity contribution >= 4 is 45.3 Å². The predicted octanol–water partition coefficient (Wildman–Crippen LogP) is 3.37. The quantitative estimate of drug-likeness (QED) is 0.618. The van der Waals surface area contributed by atoms with Crippen molar-refractivity contribution in [2.75, 3.05) is 50.6 Å². The maximum atomic E-state index is 11.9. The maximum absolute atomic E-state index is 11.9. The number of carbonyl (C=O) groups is 1. The van der Waals surface area contributed by atoms with Crippen molar-refractivity contribution in [2.24, 2.45) is 0 Å². The number of benzene rings is 1. The normalized spacial score (nSPS) is 14.0. The Morgan fingerprint density at radius 2 is 1.81 bits per heavy atom. The van der Waals surface area contributed by atoms with Crippen LogP contribution in [0.2, 0.25) is 0 Å². The molecule has 1 aliphatic rings. The molecule has 144 valence electrons. The zero-order chi connectivity index (χ0) is 19.4. The Morgan fingerprint density at radius 3 is 2.41 bits per heavy atom. The van der Waals surface area contributed by atoms with Crippen LogP contribution in [0.1, 0.15) is 15.2 Å². The summed E-state index contributed by atoms with van der Waals surface area (Å²) in [7, 11) is 3.05. The van der Waals surface area contributed by atoms with E-state index in [9.17, 15) is 4.79 Å². The van der Waals surface area contributed by atoms with Gasteiger partial charge in [-0.1, -0.05) is 0 Å². The Balaban J connectivity index is 1.59. The lowest BCUT2D eigenvalue weighted by Gasteiger charge is -2.37. The van der Waals surface area contributed by atoms with E-state index in [0.29, 0.717) is 10.7 Å². The van der Waals surface area contributed by atoms with Crippen LogP contribution in [-0.4, -0.2) is 56.4 Å². The monoisotopic (exact) mass is 405 g/mol. The van der Waals surface area contributed by atoms with E-state index in [2.05, 4.69) is 27.2 Å². The van der Waals surface area contributed by atoms with Gasteiger partial charge in [0.1, 0.15) is 10.8 Å². The van der Waals surface area contributed by atoms with E-state index < -0.39 is 0 Å². The number of thiocarbonyl (C=S) groups is 1. The second-order valence-electron chi connectivity index (χ2n) is 6.19. The van der Waals surface area contributed by atoms with Gasteiger partial charge in [-0.15, -0.1) is 11.3 Å². The van der Waals surface area contributed by atoms with Crippen molar-refractivity contribution in [2.45, 2.75) is 6.92 Å². The molecule has 1 fully saturated rings. The molecule has 0 aliphatic carbocycles. The lowest BCUT2D eigenvalue weighted by atomic mass is 10.2. The molecule has 0 amide bonds. The molecule has 1 aromatic heterocycles. The van der Waals surface area contributed by atoms with Gasteiger partial charge in [0.05, 0.1) is 19.8 Å². The summed E-state index contributed by atoms with van der Waals surface area (Å²) in [4.78, 5) is 17.4. The molecule has 2 aromatic rings. The number of hydrogen-bond acceptors (Lipinski definition) is 6. The first-order valence-corrected chi connectivity index (χ1v) is 9.88. The topological polar surface area (TPSA) is 54.0 Å². The number of rotatable bonds is 4. The molecule has 8 heteroatoms. The molecular formula is C19H23N3O3S2. The van der Waals surface area contributed by atoms with Crippen LogP contribution in [0.15, 0.2) is 30.3 Å². The number of methoxy groups -OCH3 is 2. The highest BCUT2D eigenvalue weighted by Gasteiger charge is 2.22. The molecule has 1 saturated heterocycles. The van der Waals surface area contributed by atoms with Gasteiger partial charge in [0.15, 0.2) is 5.11 Å². The maximum Gasteiger partial charge on any atom is 0.340 e. The minimum absolute atomic E-state index is 0.353. The van der Waals surface area contributed by atoms with Gasteiger partial charge in [-0.2, -0.15) is 0 Å². The van der Waals surface area contributed by atoms with Gasteiger partial charge in [-0.25, -0.2) is 4.79 Å². The molecule has 1 aliphatic heterocycles. The summed E-state index contributed by atoms with van der Waals surface area (Å²) in [6, 6.07) is 9.91. The first-order chi connectivity index (χ1) is 13.0. The molecule has 6 nitrogen and oxygen atoms in total. The smallest absolute Gasteiger partial charge is 0.340 e. The van der Waals surface area contributed by atoms with E-state index in [-0.39, 0.29) is 5.97 Å². The zero-order valence-electron chi connectivity index (χ0n) is 15.7. The Bertz CT molecular complexity index is 812. The molecule has 1 N–H and O–H groups in total. The van der Waals surface area contributed by atoms with Crippen molar-refractivity contribution in [1.29, 1.82) is 0 Å². The van der Waals surface area contributed by atoms with Crippen molar-refractivity contribution < 1.29 is 14.3 Å². The van der Waals surface area contributed by atoms with E-state index in [1.165, 1.54) is 24.1 Å². The van der Waals surface area contributed by atoms with Gasteiger partial charge in [0, 0.05) is 36.7 Å². The molecule has 2 heterocycles. The number of aryl methyl sites for hydroxylation is 1. The third kappa shape index (κ3) is 4.51. The SMILES string of the molecule is COC(=O)c1cc(C)sc1NC(=S)N1CCN(c2ccc(OC)cc2)CC1. The van der Waals surface area contributed by atoms with Crippen LogP contribution in [0.3, 0.4) is 0 Å². The number of carbonyl (C=O) groups excluding carboxylic acids is 1. The standard InChI is InChI=1S/C19H23N3O3S2/c1-13-12-16(18(23)25-3)17(27-13)20-19(26)22-10-8-21(9-11-22)14-4-6-15(24-2)7-5-14/h4-7,12H,8-11H2,1-3H3,(H,20,26). The van der Waals surface area contributed by atoms with E-state index in [0.717, 1.165) is 41.8 Å². The minimum atomic E-state index is -0.353. The second kappa shape index (κ2) is 8.58. The fourth-order valence-electron chi connectivity index (χ4n) is 3.01. The van der Waals surface area contributed by atoms with Gasteiger partial charge < -0.3 is 24.6 Å². The largest absolute Gasteiger partial charge is 0.497 e. The van der Waals surface area contributed by atoms with E-state index in [4.69, 9.17) is 21.7 Å². The molecule has 1 aromatic carbocycles. The number of piperazine rings is 1. The van der Waals surface area contributed by atoms with E-state index in [1.54, 1.807) is 7.11 Å². The molecule has 3 rings (SSSR count). The van der Waals surface area contributed by atoms with E-state index >= 15 is 0 Å². The van der Waals surface area contributed by atoms with Crippen LogP contribution in [0.4, 0.5) is 10.7 Å². The molecule has 0 saturated carbocycles. The highest BCUT2D eigenvalue weighted by molar-refractivity contribution is 7.80. The summed E-state index contributed by atoms with van der Waals surface area (Å²) in [5, 5.41) is 4.60. The number of ether oxygens (including phenoxy) is 2. The third-order valence-electron chi connectivity index (χ3n) is 4.49. The molecular weight excluding hydrogens is 382 g/mol. The molecule has 0 unspecified atom stereocenters. The number of anilines is 2. The van der Waals surface area contributed by atoms with Gasteiger partial charge in [-0.05, 0) is 49.5 Å². The summed E-state index contributed by atoms with van der Waals surface area (Å²) < 4.78 is 10.1. The van der Waals surface area contributed by atoms with Crippen molar-refractivity contribution in [3.63, 3.8) is 0 Å². The van der Waals surface area contributed by atoms with Gasteiger partial charge in [0.25, 0.3) is 0 Å². The number of hydrogen-bond donors (Lipinski definition) is 1. The van der Waals surface area contributed by atoms with Crippen LogP contribution in [0.25, 0.3) is 0 Å². The average Bonchev–Trinajstić information content (AvgIpc) is 3.07. The van der Waals surface area contributed by atoms with Crippen LogP contribution in [0.5, 0.6) is 5.75 Å². The summed E-state index contributed by atoms with van der Waals surface area (Å²) in [6.45, 7) is 5.34. The number of nitrogens with zero attached hydrogens (tertiary/aromatic N) is 2. The van der Waals surface area contributed by atoms with Crippen molar-refractivity contribution in [3.05, 3.63) is 40.8 Å². The number of esters is 1. The Hall–Kier alpha value is -2.32. The van der Waals surface area contributed by atoms with Gasteiger partial charge in [0.2, 0.25) is 0 Å². The van der Waals surface area contributed by atoms with E-state index in [1.807, 2.05) is 25.1 Å². The summed E-state index contributed by atoms with van der Waals surface area (Å²) >= 11 is 7.07. The second-order valence-corrected chi connectivity index (χ2v) is 7.84. The molecule has 27 heavy (non-hydrogen) atoms. The molecule has 0 bridgehead atoms. The Morgan fingerprint density at radius 1 is 1.15 bits per heavy atom. The Kier molecular flexibility index (Phi) is 6.18. The van der Waals surface area contributed by atoms with Crippen LogP contribution < -0.4 is 15.0 Å². The summed E-state index contributed by atoms with van der Waals surface area (Å²) in [6.07, 6.45) is 0. The molecule has 0 radical (unpaired) electrons. The highest BCUT2D eigenvalue weighted by Crippen LogP contribution is 2.29. The predicted molar refractivity (Wildman–Crippen MR) is 113 cm³/mol. The van der Waals surface area contributed by atoms with Crippen LogP contribution in [-0.2, 0) is 4.74 Å². The zero-order valence-corrected chi connectivity index (χ0v) is 17.3.